The highest BCUT2D eigenvalue weighted by Gasteiger charge is 2.38. The second-order valence-electron chi connectivity index (χ2n) is 6.65. The fourth-order valence-corrected chi connectivity index (χ4v) is 3.61. The van der Waals surface area contributed by atoms with Crippen LogP contribution in [0.2, 0.25) is 0 Å². The molecule has 5 heteroatoms. The van der Waals surface area contributed by atoms with Gasteiger partial charge in [-0.2, -0.15) is 0 Å². The Morgan fingerprint density at radius 3 is 2.19 bits per heavy atom. The topological polar surface area (TPSA) is 75.4 Å². The van der Waals surface area contributed by atoms with Crippen LogP contribution in [-0.4, -0.2) is 42.4 Å². The first-order valence-corrected chi connectivity index (χ1v) is 8.34. The summed E-state index contributed by atoms with van der Waals surface area (Å²) in [7, 11) is 0. The smallest absolute Gasteiger partial charge is 0.227 e. The Bertz CT molecular complexity index is 368. The lowest BCUT2D eigenvalue weighted by atomic mass is 9.79. The van der Waals surface area contributed by atoms with Crippen LogP contribution in [0.3, 0.4) is 0 Å². The van der Waals surface area contributed by atoms with E-state index in [2.05, 4.69) is 5.32 Å². The van der Waals surface area contributed by atoms with Gasteiger partial charge in [0, 0.05) is 32.6 Å². The minimum absolute atomic E-state index is 0.127. The third-order valence-electron chi connectivity index (χ3n) is 5.21. The molecule has 0 bridgehead atoms. The summed E-state index contributed by atoms with van der Waals surface area (Å²) in [5.41, 5.74) is 5.61. The number of hydrogen-bond donors (Lipinski definition) is 2. The van der Waals surface area contributed by atoms with E-state index in [1.165, 1.54) is 12.8 Å². The Morgan fingerprint density at radius 1 is 1.14 bits per heavy atom. The van der Waals surface area contributed by atoms with Crippen molar-refractivity contribution in [3.63, 3.8) is 0 Å². The molecule has 0 aromatic rings. The van der Waals surface area contributed by atoms with E-state index in [0.29, 0.717) is 6.54 Å². The number of nitrogens with two attached hydrogens (primary N) is 1. The van der Waals surface area contributed by atoms with E-state index in [1.807, 2.05) is 4.90 Å². The predicted molar refractivity (Wildman–Crippen MR) is 82.6 cm³/mol. The molecule has 2 fully saturated rings. The lowest BCUT2D eigenvalue weighted by Gasteiger charge is -2.36. The highest BCUT2D eigenvalue weighted by Crippen LogP contribution is 2.34. The van der Waals surface area contributed by atoms with Crippen molar-refractivity contribution in [2.45, 2.75) is 64.3 Å². The molecule has 1 heterocycles. The molecular formula is C16H29N3O2. The molecule has 120 valence electrons. The number of nitrogens with zero attached hydrogens (tertiary/aromatic N) is 1. The van der Waals surface area contributed by atoms with Gasteiger partial charge in [-0.3, -0.25) is 9.59 Å². The minimum atomic E-state index is -0.353. The second-order valence-corrected chi connectivity index (χ2v) is 6.65. The Morgan fingerprint density at radius 2 is 1.71 bits per heavy atom. The summed E-state index contributed by atoms with van der Waals surface area (Å²) in [5.74, 6) is 0.273. The maximum atomic E-state index is 12.7. The number of nitrogens with one attached hydrogen (secondary N) is 1. The van der Waals surface area contributed by atoms with Gasteiger partial charge in [-0.15, -0.1) is 0 Å². The maximum absolute atomic E-state index is 12.7. The van der Waals surface area contributed by atoms with Gasteiger partial charge in [-0.05, 0) is 25.7 Å². The summed E-state index contributed by atoms with van der Waals surface area (Å²) in [6.45, 7) is 3.55. The minimum Gasteiger partial charge on any atom is -0.353 e. The Balaban J connectivity index is 1.89. The normalized spacial score (nSPS) is 23.4. The van der Waals surface area contributed by atoms with E-state index in [4.69, 9.17) is 5.73 Å². The largest absolute Gasteiger partial charge is 0.353 e. The van der Waals surface area contributed by atoms with Crippen LogP contribution in [0.1, 0.15) is 58.3 Å². The van der Waals surface area contributed by atoms with Gasteiger partial charge < -0.3 is 16.0 Å². The Kier molecular flexibility index (Phi) is 5.62. The van der Waals surface area contributed by atoms with Crippen LogP contribution in [0.15, 0.2) is 0 Å². The summed E-state index contributed by atoms with van der Waals surface area (Å²) in [5, 5.41) is 3.21. The first-order chi connectivity index (χ1) is 10.1. The quantitative estimate of drug-likeness (QED) is 0.773. The molecule has 21 heavy (non-hydrogen) atoms. The Labute approximate surface area is 127 Å². The van der Waals surface area contributed by atoms with Crippen molar-refractivity contribution < 1.29 is 9.59 Å². The van der Waals surface area contributed by atoms with Gasteiger partial charge in [-0.25, -0.2) is 0 Å². The van der Waals surface area contributed by atoms with E-state index in [-0.39, 0.29) is 23.3 Å². The number of hydrogen-bond acceptors (Lipinski definition) is 3. The highest BCUT2D eigenvalue weighted by atomic mass is 16.2. The zero-order valence-corrected chi connectivity index (χ0v) is 13.2. The van der Waals surface area contributed by atoms with Gasteiger partial charge in [0.2, 0.25) is 11.8 Å². The van der Waals surface area contributed by atoms with Gasteiger partial charge in [-0.1, -0.05) is 25.7 Å². The molecule has 0 aromatic carbocycles. The molecule has 0 radical (unpaired) electrons. The number of likely N-dealkylation sites (tertiary alicyclic amines) is 1. The van der Waals surface area contributed by atoms with Crippen molar-refractivity contribution in [3.8, 4) is 0 Å². The lowest BCUT2D eigenvalue weighted by Crippen LogP contribution is -2.52. The van der Waals surface area contributed by atoms with Crippen LogP contribution in [-0.2, 0) is 9.59 Å². The van der Waals surface area contributed by atoms with E-state index in [0.717, 1.165) is 51.6 Å². The van der Waals surface area contributed by atoms with Crippen LogP contribution in [0.25, 0.3) is 0 Å². The van der Waals surface area contributed by atoms with Crippen LogP contribution in [0, 0.1) is 5.41 Å². The average molecular weight is 295 g/mol. The van der Waals surface area contributed by atoms with Crippen LogP contribution in [0.5, 0.6) is 0 Å². The van der Waals surface area contributed by atoms with Gasteiger partial charge in [0.25, 0.3) is 0 Å². The molecule has 0 spiro atoms. The second kappa shape index (κ2) is 7.25. The lowest BCUT2D eigenvalue weighted by molar-refractivity contribution is -0.133. The number of rotatable bonds is 3. The van der Waals surface area contributed by atoms with Gasteiger partial charge in [0.15, 0.2) is 0 Å². The first-order valence-electron chi connectivity index (χ1n) is 8.34. The zero-order chi connectivity index (χ0) is 15.3. The van der Waals surface area contributed by atoms with Gasteiger partial charge in [0.1, 0.15) is 0 Å². The van der Waals surface area contributed by atoms with Crippen molar-refractivity contribution in [1.29, 1.82) is 0 Å². The number of amides is 2. The fraction of sp³-hybridized carbons (Fsp3) is 0.875. The third kappa shape index (κ3) is 3.96. The predicted octanol–water partition coefficient (Wildman–Crippen LogP) is 1.41. The van der Waals surface area contributed by atoms with Crippen molar-refractivity contribution in [2.24, 2.45) is 11.1 Å². The van der Waals surface area contributed by atoms with E-state index in [9.17, 15) is 9.59 Å². The standard InChI is InChI=1S/C16H29N3O2/c1-13(20)19-10-6-14(7-11-19)18-15(21)16(12-17)8-4-2-3-5-9-16/h14H,2-12,17H2,1H3,(H,18,21). The molecule has 0 atom stereocenters. The van der Waals surface area contributed by atoms with Crippen molar-refractivity contribution >= 4 is 11.8 Å². The SMILES string of the molecule is CC(=O)N1CCC(NC(=O)C2(CN)CCCCCC2)CC1. The van der Waals surface area contributed by atoms with Crippen LogP contribution < -0.4 is 11.1 Å². The summed E-state index contributed by atoms with van der Waals surface area (Å²) >= 11 is 0. The van der Waals surface area contributed by atoms with Gasteiger partial charge >= 0.3 is 0 Å². The first kappa shape index (κ1) is 16.3. The highest BCUT2D eigenvalue weighted by molar-refractivity contribution is 5.83. The van der Waals surface area contributed by atoms with E-state index in [1.54, 1.807) is 6.92 Å². The Hall–Kier alpha value is -1.10. The molecule has 2 aliphatic rings. The molecule has 2 rings (SSSR count). The van der Waals surface area contributed by atoms with Crippen LogP contribution >= 0.6 is 0 Å². The van der Waals surface area contributed by atoms with E-state index < -0.39 is 0 Å². The fourth-order valence-electron chi connectivity index (χ4n) is 3.61. The van der Waals surface area contributed by atoms with Crippen molar-refractivity contribution in [2.75, 3.05) is 19.6 Å². The third-order valence-corrected chi connectivity index (χ3v) is 5.21. The molecule has 1 aliphatic carbocycles. The van der Waals surface area contributed by atoms with E-state index >= 15 is 0 Å². The molecule has 1 saturated heterocycles. The number of carbonyl (C=O) groups is 2. The van der Waals surface area contributed by atoms with Crippen molar-refractivity contribution in [3.05, 3.63) is 0 Å². The number of piperidine rings is 1. The molecule has 0 aromatic heterocycles. The molecule has 1 saturated carbocycles. The molecular weight excluding hydrogens is 266 g/mol. The van der Waals surface area contributed by atoms with Gasteiger partial charge in [0.05, 0.1) is 5.41 Å². The summed E-state index contributed by atoms with van der Waals surface area (Å²) < 4.78 is 0. The molecule has 5 nitrogen and oxygen atoms in total. The molecule has 0 unspecified atom stereocenters. The molecule has 1 aliphatic heterocycles. The monoisotopic (exact) mass is 295 g/mol. The molecule has 3 N–H and O–H groups in total. The zero-order valence-electron chi connectivity index (χ0n) is 13.2. The van der Waals surface area contributed by atoms with Crippen molar-refractivity contribution in [1.82, 2.24) is 10.2 Å². The summed E-state index contributed by atoms with van der Waals surface area (Å²) in [6, 6.07) is 0.194. The van der Waals surface area contributed by atoms with Crippen LogP contribution in [0.4, 0.5) is 0 Å². The summed E-state index contributed by atoms with van der Waals surface area (Å²) in [6.07, 6.45) is 8.18. The average Bonchev–Trinajstić information content (AvgIpc) is 2.74. The molecule has 2 amide bonds. The number of carbonyl (C=O) groups excluding carboxylic acids is 2. The maximum Gasteiger partial charge on any atom is 0.227 e. The summed E-state index contributed by atoms with van der Waals surface area (Å²) in [4.78, 5) is 25.9.